The summed E-state index contributed by atoms with van der Waals surface area (Å²) in [5.41, 5.74) is 1.19. The fourth-order valence-corrected chi connectivity index (χ4v) is 4.49. The molecule has 3 aliphatic rings. The first-order valence-electron chi connectivity index (χ1n) is 10.3. The zero-order valence-corrected chi connectivity index (χ0v) is 16.0. The molecule has 0 aliphatic carbocycles. The second-order valence-corrected chi connectivity index (χ2v) is 7.79. The highest BCUT2D eigenvalue weighted by Gasteiger charge is 2.41. The molecular formula is C22H27N3O3. The van der Waals surface area contributed by atoms with Crippen LogP contribution >= 0.6 is 0 Å². The number of furan rings is 1. The van der Waals surface area contributed by atoms with Crippen molar-refractivity contribution in [2.75, 3.05) is 13.2 Å². The van der Waals surface area contributed by atoms with Crippen molar-refractivity contribution in [1.29, 1.82) is 0 Å². The Morgan fingerprint density at radius 2 is 2.04 bits per heavy atom. The van der Waals surface area contributed by atoms with Crippen LogP contribution in [0.4, 0.5) is 0 Å². The van der Waals surface area contributed by atoms with Crippen LogP contribution in [0.5, 0.6) is 5.75 Å². The summed E-state index contributed by atoms with van der Waals surface area (Å²) in [6.07, 6.45) is 7.53. The van der Waals surface area contributed by atoms with Gasteiger partial charge in [0.2, 0.25) is 0 Å². The van der Waals surface area contributed by atoms with Gasteiger partial charge in [0.1, 0.15) is 11.5 Å². The third-order valence-corrected chi connectivity index (χ3v) is 5.91. The summed E-state index contributed by atoms with van der Waals surface area (Å²) in [6.45, 7) is 1.39. The average Bonchev–Trinajstić information content (AvgIpc) is 3.47. The van der Waals surface area contributed by atoms with Gasteiger partial charge >= 0.3 is 0 Å². The number of nitrogens with one attached hydrogen (secondary N) is 2. The molecule has 6 nitrogen and oxygen atoms in total. The number of hydrogen-bond acceptors (Lipinski definition) is 4. The van der Waals surface area contributed by atoms with Crippen molar-refractivity contribution in [2.24, 2.45) is 4.99 Å². The molecule has 2 aromatic rings. The van der Waals surface area contributed by atoms with E-state index in [1.54, 1.807) is 6.26 Å². The molecule has 4 heterocycles. The molecule has 2 bridgehead atoms. The monoisotopic (exact) mass is 381 g/mol. The Hall–Kier alpha value is -2.47. The van der Waals surface area contributed by atoms with Crippen LogP contribution in [-0.4, -0.2) is 37.4 Å². The summed E-state index contributed by atoms with van der Waals surface area (Å²) in [7, 11) is 0. The third-order valence-electron chi connectivity index (χ3n) is 5.91. The fraction of sp³-hybridized carbons (Fsp3) is 0.500. The van der Waals surface area contributed by atoms with Crippen LogP contribution in [-0.2, 0) is 11.2 Å². The van der Waals surface area contributed by atoms with Crippen LogP contribution in [0.2, 0.25) is 0 Å². The number of para-hydroxylation sites is 1. The van der Waals surface area contributed by atoms with Crippen LogP contribution < -0.4 is 15.4 Å². The molecule has 2 saturated heterocycles. The van der Waals surface area contributed by atoms with Gasteiger partial charge in [-0.1, -0.05) is 18.2 Å². The first-order valence-corrected chi connectivity index (χ1v) is 10.3. The third kappa shape index (κ3) is 3.74. The van der Waals surface area contributed by atoms with Gasteiger partial charge < -0.3 is 24.5 Å². The molecule has 4 unspecified atom stereocenters. The number of guanidine groups is 1. The SMILES string of the molecule is c1coc(CCN=C(NC2CCOc3ccccc32)NC2CC3CCC2O3)c1. The first kappa shape index (κ1) is 17.6. The summed E-state index contributed by atoms with van der Waals surface area (Å²) >= 11 is 0. The molecule has 6 heteroatoms. The van der Waals surface area contributed by atoms with Gasteiger partial charge in [0.05, 0.1) is 37.2 Å². The van der Waals surface area contributed by atoms with Crippen molar-refractivity contribution in [2.45, 2.75) is 56.4 Å². The van der Waals surface area contributed by atoms with Gasteiger partial charge in [0.15, 0.2) is 5.96 Å². The molecule has 0 spiro atoms. The molecule has 2 fully saturated rings. The number of nitrogens with zero attached hydrogens (tertiary/aromatic N) is 1. The highest BCUT2D eigenvalue weighted by Crippen LogP contribution is 2.35. The standard InChI is InChI=1S/C22H27N3O3/c1-2-6-20-17(5-1)18(10-13-27-20)24-22(23-11-9-15-4-3-12-26-15)25-19-14-16-7-8-21(19)28-16/h1-6,12,16,18-19,21H,7-11,13-14H2,(H2,23,24,25). The fourth-order valence-electron chi connectivity index (χ4n) is 4.49. The molecule has 4 atom stereocenters. The summed E-state index contributed by atoms with van der Waals surface area (Å²) in [6, 6.07) is 12.7. The van der Waals surface area contributed by atoms with Crippen LogP contribution in [0.15, 0.2) is 52.1 Å². The summed E-state index contributed by atoms with van der Waals surface area (Å²) in [5.74, 6) is 2.78. The molecule has 1 aromatic carbocycles. The van der Waals surface area contributed by atoms with Gasteiger partial charge in [0.25, 0.3) is 0 Å². The second-order valence-electron chi connectivity index (χ2n) is 7.79. The van der Waals surface area contributed by atoms with E-state index >= 15 is 0 Å². The molecule has 0 amide bonds. The molecule has 5 rings (SSSR count). The molecule has 148 valence electrons. The van der Waals surface area contributed by atoms with Crippen LogP contribution in [0.3, 0.4) is 0 Å². The van der Waals surface area contributed by atoms with E-state index in [1.165, 1.54) is 12.0 Å². The van der Waals surface area contributed by atoms with E-state index < -0.39 is 0 Å². The highest BCUT2D eigenvalue weighted by atomic mass is 16.5. The van der Waals surface area contributed by atoms with E-state index in [4.69, 9.17) is 18.9 Å². The lowest BCUT2D eigenvalue weighted by Gasteiger charge is -2.30. The Kier molecular flexibility index (Phi) is 4.95. The molecular weight excluding hydrogens is 354 g/mol. The number of rotatable bonds is 5. The summed E-state index contributed by atoms with van der Waals surface area (Å²) in [5, 5.41) is 7.30. The highest BCUT2D eigenvalue weighted by molar-refractivity contribution is 5.81. The molecule has 0 radical (unpaired) electrons. The Morgan fingerprint density at radius 1 is 1.07 bits per heavy atom. The van der Waals surface area contributed by atoms with Crippen molar-refractivity contribution in [3.63, 3.8) is 0 Å². The number of aliphatic imine (C=N–C) groups is 1. The van der Waals surface area contributed by atoms with Gasteiger partial charge in [-0.3, -0.25) is 4.99 Å². The lowest BCUT2D eigenvalue weighted by Crippen LogP contribution is -2.49. The number of ether oxygens (including phenoxy) is 2. The number of benzene rings is 1. The lowest BCUT2D eigenvalue weighted by atomic mass is 9.95. The van der Waals surface area contributed by atoms with Crippen LogP contribution in [0.25, 0.3) is 0 Å². The van der Waals surface area contributed by atoms with E-state index in [2.05, 4.69) is 22.8 Å². The minimum absolute atomic E-state index is 0.194. The number of fused-ring (bicyclic) bond motifs is 3. The van der Waals surface area contributed by atoms with Gasteiger partial charge in [-0.25, -0.2) is 0 Å². The minimum Gasteiger partial charge on any atom is -0.493 e. The van der Waals surface area contributed by atoms with Crippen LogP contribution in [0.1, 0.15) is 43.0 Å². The van der Waals surface area contributed by atoms with Gasteiger partial charge in [-0.05, 0) is 37.5 Å². The van der Waals surface area contributed by atoms with E-state index in [9.17, 15) is 0 Å². The first-order chi connectivity index (χ1) is 13.8. The lowest BCUT2D eigenvalue weighted by molar-refractivity contribution is 0.0991. The maximum Gasteiger partial charge on any atom is 0.192 e. The normalized spacial score (nSPS) is 28.6. The van der Waals surface area contributed by atoms with Crippen molar-refractivity contribution in [3.8, 4) is 5.75 Å². The topological polar surface area (TPSA) is 68.0 Å². The maximum absolute atomic E-state index is 6.02. The molecule has 3 aliphatic heterocycles. The van der Waals surface area contributed by atoms with Crippen molar-refractivity contribution in [3.05, 3.63) is 54.0 Å². The van der Waals surface area contributed by atoms with Crippen molar-refractivity contribution in [1.82, 2.24) is 10.6 Å². The minimum atomic E-state index is 0.194. The van der Waals surface area contributed by atoms with E-state index in [0.29, 0.717) is 31.4 Å². The largest absolute Gasteiger partial charge is 0.493 e. The second kappa shape index (κ2) is 7.87. The predicted octanol–water partition coefficient (Wildman–Crippen LogP) is 3.20. The predicted molar refractivity (Wildman–Crippen MR) is 107 cm³/mol. The Balaban J connectivity index is 1.30. The van der Waals surface area contributed by atoms with Crippen molar-refractivity contribution < 1.29 is 13.9 Å². The molecule has 28 heavy (non-hydrogen) atoms. The smallest absolute Gasteiger partial charge is 0.192 e. The quantitative estimate of drug-likeness (QED) is 0.615. The van der Waals surface area contributed by atoms with Crippen molar-refractivity contribution >= 4 is 5.96 Å². The Morgan fingerprint density at radius 3 is 2.86 bits per heavy atom. The Labute approximate surface area is 165 Å². The maximum atomic E-state index is 6.02. The molecule has 2 N–H and O–H groups in total. The van der Waals surface area contributed by atoms with E-state index in [1.807, 2.05) is 24.3 Å². The van der Waals surface area contributed by atoms with E-state index in [-0.39, 0.29) is 6.04 Å². The zero-order chi connectivity index (χ0) is 18.8. The summed E-state index contributed by atoms with van der Waals surface area (Å²) < 4.78 is 17.3. The van der Waals surface area contributed by atoms with Crippen LogP contribution in [0, 0.1) is 0 Å². The summed E-state index contributed by atoms with van der Waals surface area (Å²) in [4.78, 5) is 4.85. The number of hydrogen-bond donors (Lipinski definition) is 2. The van der Waals surface area contributed by atoms with Gasteiger partial charge in [0, 0.05) is 24.9 Å². The molecule has 0 saturated carbocycles. The molecule has 1 aromatic heterocycles. The van der Waals surface area contributed by atoms with Gasteiger partial charge in [-0.15, -0.1) is 0 Å². The van der Waals surface area contributed by atoms with Gasteiger partial charge in [-0.2, -0.15) is 0 Å². The van der Waals surface area contributed by atoms with E-state index in [0.717, 1.165) is 43.2 Å². The Bertz CT molecular complexity index is 820. The average molecular weight is 381 g/mol. The zero-order valence-electron chi connectivity index (χ0n) is 16.0.